The van der Waals surface area contributed by atoms with Crippen LogP contribution in [0.3, 0.4) is 0 Å². The summed E-state index contributed by atoms with van der Waals surface area (Å²) in [5.41, 5.74) is 2.25. The quantitative estimate of drug-likeness (QED) is 0.806. The van der Waals surface area contributed by atoms with Gasteiger partial charge in [0.2, 0.25) is 6.79 Å². The highest BCUT2D eigenvalue weighted by molar-refractivity contribution is 7.07. The van der Waals surface area contributed by atoms with Gasteiger partial charge in [-0.1, -0.05) is 0 Å². The van der Waals surface area contributed by atoms with Crippen LogP contribution in [-0.4, -0.2) is 18.4 Å². The SMILES string of the molecule is CN=c1scc(-c2ccc3c(c2)OCO3)n1C.Cl. The van der Waals surface area contributed by atoms with Gasteiger partial charge in [0, 0.05) is 25.0 Å². The normalized spacial score (nSPS) is 13.6. The number of hydrogen-bond donors (Lipinski definition) is 0. The van der Waals surface area contributed by atoms with Gasteiger partial charge in [-0.05, 0) is 18.2 Å². The molecule has 0 N–H and O–H groups in total. The third-order valence-corrected chi connectivity index (χ3v) is 3.79. The summed E-state index contributed by atoms with van der Waals surface area (Å²) >= 11 is 1.63. The third-order valence-electron chi connectivity index (χ3n) is 2.78. The zero-order valence-electron chi connectivity index (χ0n) is 10.0. The van der Waals surface area contributed by atoms with E-state index < -0.39 is 0 Å². The second-order valence-corrected chi connectivity index (χ2v) is 4.59. The van der Waals surface area contributed by atoms with Crippen LogP contribution < -0.4 is 14.3 Å². The molecule has 0 spiro atoms. The second kappa shape index (κ2) is 5.04. The Morgan fingerprint density at radius 3 is 2.78 bits per heavy atom. The number of ether oxygens (including phenoxy) is 2. The van der Waals surface area contributed by atoms with E-state index in [1.807, 2.05) is 25.2 Å². The van der Waals surface area contributed by atoms with Crippen LogP contribution in [0, 0.1) is 0 Å². The molecule has 0 radical (unpaired) electrons. The number of halogens is 1. The highest BCUT2D eigenvalue weighted by atomic mass is 35.5. The summed E-state index contributed by atoms with van der Waals surface area (Å²) in [4.78, 5) is 5.21. The maximum absolute atomic E-state index is 5.38. The summed E-state index contributed by atoms with van der Waals surface area (Å²) in [6.07, 6.45) is 0. The van der Waals surface area contributed by atoms with E-state index in [4.69, 9.17) is 9.47 Å². The monoisotopic (exact) mass is 284 g/mol. The van der Waals surface area contributed by atoms with Gasteiger partial charge in [-0.2, -0.15) is 0 Å². The lowest BCUT2D eigenvalue weighted by molar-refractivity contribution is 0.174. The van der Waals surface area contributed by atoms with Crippen molar-refractivity contribution in [3.8, 4) is 22.8 Å². The molecule has 0 atom stereocenters. The average Bonchev–Trinajstić information content (AvgIpc) is 2.94. The van der Waals surface area contributed by atoms with Gasteiger partial charge in [0.25, 0.3) is 0 Å². The summed E-state index contributed by atoms with van der Waals surface area (Å²) in [6.45, 7) is 0.310. The van der Waals surface area contributed by atoms with Crippen LogP contribution in [0.5, 0.6) is 11.5 Å². The first kappa shape index (κ1) is 13.0. The fourth-order valence-electron chi connectivity index (χ4n) is 1.89. The first-order valence-electron chi connectivity index (χ1n) is 5.27. The molecule has 0 aliphatic carbocycles. The predicted molar refractivity (Wildman–Crippen MR) is 73.6 cm³/mol. The number of benzene rings is 1. The van der Waals surface area contributed by atoms with Crippen LogP contribution in [0.1, 0.15) is 0 Å². The molecule has 1 aromatic heterocycles. The largest absolute Gasteiger partial charge is 0.454 e. The van der Waals surface area contributed by atoms with E-state index in [2.05, 4.69) is 14.9 Å². The summed E-state index contributed by atoms with van der Waals surface area (Å²) in [6, 6.07) is 5.98. The molecule has 3 rings (SSSR count). The fourth-order valence-corrected chi connectivity index (χ4v) is 2.76. The molecule has 2 aromatic rings. The minimum atomic E-state index is 0. The van der Waals surface area contributed by atoms with Crippen molar-refractivity contribution >= 4 is 23.7 Å². The zero-order chi connectivity index (χ0) is 11.8. The first-order valence-corrected chi connectivity index (χ1v) is 6.15. The molecule has 4 nitrogen and oxygen atoms in total. The van der Waals surface area contributed by atoms with E-state index in [1.54, 1.807) is 18.4 Å². The van der Waals surface area contributed by atoms with Crippen LogP contribution in [0.4, 0.5) is 0 Å². The van der Waals surface area contributed by atoms with Crippen molar-refractivity contribution in [3.05, 3.63) is 28.4 Å². The van der Waals surface area contributed by atoms with E-state index in [1.165, 1.54) is 0 Å². The van der Waals surface area contributed by atoms with Gasteiger partial charge in [0.05, 0.1) is 5.69 Å². The van der Waals surface area contributed by atoms with Gasteiger partial charge in [0.15, 0.2) is 16.3 Å². The van der Waals surface area contributed by atoms with Gasteiger partial charge in [0.1, 0.15) is 0 Å². The van der Waals surface area contributed by atoms with Crippen molar-refractivity contribution in [2.45, 2.75) is 0 Å². The molecule has 0 saturated carbocycles. The number of aromatic nitrogens is 1. The molecule has 0 saturated heterocycles. The zero-order valence-corrected chi connectivity index (χ0v) is 11.7. The van der Waals surface area contributed by atoms with Gasteiger partial charge >= 0.3 is 0 Å². The van der Waals surface area contributed by atoms with Crippen LogP contribution in [0.2, 0.25) is 0 Å². The lowest BCUT2D eigenvalue weighted by Gasteiger charge is -2.04. The maximum atomic E-state index is 5.38. The number of hydrogen-bond acceptors (Lipinski definition) is 4. The Bertz CT molecular complexity index is 633. The second-order valence-electron chi connectivity index (χ2n) is 3.75. The van der Waals surface area contributed by atoms with Crippen molar-refractivity contribution in [1.82, 2.24) is 4.57 Å². The molecule has 0 amide bonds. The molecular formula is C12H13ClN2O2S. The lowest BCUT2D eigenvalue weighted by Crippen LogP contribution is -2.10. The molecule has 0 bridgehead atoms. The highest BCUT2D eigenvalue weighted by Gasteiger charge is 2.15. The molecule has 0 fully saturated rings. The van der Waals surface area contributed by atoms with Crippen molar-refractivity contribution in [2.24, 2.45) is 12.0 Å². The molecule has 1 aliphatic heterocycles. The fraction of sp³-hybridized carbons (Fsp3) is 0.250. The number of fused-ring (bicyclic) bond motifs is 1. The molecular weight excluding hydrogens is 272 g/mol. The predicted octanol–water partition coefficient (Wildman–Crippen LogP) is 2.43. The smallest absolute Gasteiger partial charge is 0.231 e. The molecule has 18 heavy (non-hydrogen) atoms. The van der Waals surface area contributed by atoms with Crippen LogP contribution in [-0.2, 0) is 7.05 Å². The Morgan fingerprint density at radius 1 is 1.28 bits per heavy atom. The van der Waals surface area contributed by atoms with Gasteiger partial charge in [-0.15, -0.1) is 23.7 Å². The Kier molecular flexibility index (Phi) is 3.63. The number of nitrogens with zero attached hydrogens (tertiary/aromatic N) is 2. The standard InChI is InChI=1S/C12H12N2O2S.ClH/c1-13-12-14(2)9(6-17-12)8-3-4-10-11(5-8)16-7-15-10;/h3-6H,7H2,1-2H3;1H. The minimum absolute atomic E-state index is 0. The average molecular weight is 285 g/mol. The van der Waals surface area contributed by atoms with Crippen molar-refractivity contribution in [3.63, 3.8) is 0 Å². The molecule has 1 aromatic carbocycles. The summed E-state index contributed by atoms with van der Waals surface area (Å²) in [5, 5.41) is 2.10. The Balaban J connectivity index is 0.00000120. The van der Waals surface area contributed by atoms with Crippen molar-refractivity contribution in [1.29, 1.82) is 0 Å². The number of thiazole rings is 1. The van der Waals surface area contributed by atoms with E-state index in [0.29, 0.717) is 6.79 Å². The Labute approximate surface area is 115 Å². The topological polar surface area (TPSA) is 35.8 Å². The van der Waals surface area contributed by atoms with E-state index in [-0.39, 0.29) is 12.4 Å². The summed E-state index contributed by atoms with van der Waals surface area (Å²) in [5.74, 6) is 1.62. The third kappa shape index (κ3) is 2.00. The summed E-state index contributed by atoms with van der Waals surface area (Å²) < 4.78 is 12.8. The van der Waals surface area contributed by atoms with E-state index in [0.717, 1.165) is 27.6 Å². The molecule has 0 unspecified atom stereocenters. The molecule has 6 heteroatoms. The maximum Gasteiger partial charge on any atom is 0.231 e. The molecule has 1 aliphatic rings. The van der Waals surface area contributed by atoms with Gasteiger partial charge in [-0.25, -0.2) is 0 Å². The summed E-state index contributed by atoms with van der Waals surface area (Å²) in [7, 11) is 3.81. The minimum Gasteiger partial charge on any atom is -0.454 e. The number of rotatable bonds is 1. The van der Waals surface area contributed by atoms with Crippen LogP contribution >= 0.6 is 23.7 Å². The van der Waals surface area contributed by atoms with Crippen LogP contribution in [0.15, 0.2) is 28.6 Å². The van der Waals surface area contributed by atoms with Crippen LogP contribution in [0.25, 0.3) is 11.3 Å². The van der Waals surface area contributed by atoms with E-state index in [9.17, 15) is 0 Å². The van der Waals surface area contributed by atoms with Gasteiger partial charge in [-0.3, -0.25) is 4.99 Å². The van der Waals surface area contributed by atoms with E-state index >= 15 is 0 Å². The molecule has 2 heterocycles. The Morgan fingerprint density at radius 2 is 2.06 bits per heavy atom. The Hall–Kier alpha value is -1.46. The van der Waals surface area contributed by atoms with Crippen molar-refractivity contribution < 1.29 is 9.47 Å². The molecule has 96 valence electrons. The van der Waals surface area contributed by atoms with Gasteiger partial charge < -0.3 is 14.0 Å². The lowest BCUT2D eigenvalue weighted by atomic mass is 10.1. The highest BCUT2D eigenvalue weighted by Crippen LogP contribution is 2.35. The van der Waals surface area contributed by atoms with Crippen molar-refractivity contribution in [2.75, 3.05) is 13.8 Å². The first-order chi connectivity index (χ1) is 8.29.